The van der Waals surface area contributed by atoms with Crippen molar-refractivity contribution in [2.24, 2.45) is 5.92 Å². The van der Waals surface area contributed by atoms with Crippen LogP contribution in [0.4, 0.5) is 4.39 Å². The normalized spacial score (nSPS) is 21.8. The lowest BCUT2D eigenvalue weighted by Gasteiger charge is -2.27. The molecule has 21 heavy (non-hydrogen) atoms. The molecule has 0 spiro atoms. The van der Waals surface area contributed by atoms with E-state index in [9.17, 15) is 14.3 Å². The number of ether oxygens (including phenoxy) is 1. The summed E-state index contributed by atoms with van der Waals surface area (Å²) < 4.78 is 18.1. The average Bonchev–Trinajstić information content (AvgIpc) is 2.48. The van der Waals surface area contributed by atoms with Crippen LogP contribution in [0.15, 0.2) is 24.3 Å². The van der Waals surface area contributed by atoms with Gasteiger partial charge in [-0.3, -0.25) is 4.79 Å². The zero-order chi connectivity index (χ0) is 15.1. The van der Waals surface area contributed by atoms with Gasteiger partial charge in [-0.1, -0.05) is 12.8 Å². The molecule has 2 N–H and O–H groups in total. The van der Waals surface area contributed by atoms with Crippen molar-refractivity contribution >= 4 is 5.91 Å². The maximum absolute atomic E-state index is 12.7. The second-order valence-electron chi connectivity index (χ2n) is 5.47. The van der Waals surface area contributed by atoms with Gasteiger partial charge in [0.25, 0.3) is 0 Å². The number of benzene rings is 1. The summed E-state index contributed by atoms with van der Waals surface area (Å²) in [7, 11) is 0. The Morgan fingerprint density at radius 3 is 2.71 bits per heavy atom. The van der Waals surface area contributed by atoms with E-state index in [0.29, 0.717) is 12.3 Å². The molecule has 1 aromatic rings. The number of hydrogen-bond donors (Lipinski definition) is 2. The third kappa shape index (κ3) is 5.34. The minimum absolute atomic E-state index is 0.0881. The van der Waals surface area contributed by atoms with Crippen LogP contribution >= 0.6 is 0 Å². The van der Waals surface area contributed by atoms with Crippen molar-refractivity contribution in [3.05, 3.63) is 30.1 Å². The van der Waals surface area contributed by atoms with Crippen LogP contribution in [0.5, 0.6) is 5.75 Å². The summed E-state index contributed by atoms with van der Waals surface area (Å²) >= 11 is 0. The van der Waals surface area contributed by atoms with E-state index in [-0.39, 0.29) is 36.8 Å². The van der Waals surface area contributed by atoms with Crippen LogP contribution in [-0.4, -0.2) is 30.3 Å². The predicted molar refractivity (Wildman–Crippen MR) is 77.5 cm³/mol. The number of rotatable bonds is 6. The molecule has 1 amide bonds. The molecule has 2 atom stereocenters. The zero-order valence-corrected chi connectivity index (χ0v) is 12.1. The molecule has 0 radical (unpaired) electrons. The first-order valence-corrected chi connectivity index (χ1v) is 7.48. The quantitative estimate of drug-likeness (QED) is 0.846. The molecule has 1 saturated carbocycles. The first-order chi connectivity index (χ1) is 10.1. The SMILES string of the molecule is O=C(CCOc1ccc(F)cc1)NCC1CCCCC1O. The van der Waals surface area contributed by atoms with E-state index >= 15 is 0 Å². The van der Waals surface area contributed by atoms with Gasteiger partial charge in [-0.05, 0) is 37.1 Å². The van der Waals surface area contributed by atoms with Gasteiger partial charge >= 0.3 is 0 Å². The fourth-order valence-corrected chi connectivity index (χ4v) is 2.55. The Bertz CT molecular complexity index is 449. The van der Waals surface area contributed by atoms with Crippen molar-refractivity contribution in [1.29, 1.82) is 0 Å². The summed E-state index contributed by atoms with van der Waals surface area (Å²) in [4.78, 5) is 11.7. The molecule has 0 saturated heterocycles. The minimum atomic E-state index is -0.314. The molecule has 0 aromatic heterocycles. The molecule has 1 aliphatic rings. The van der Waals surface area contributed by atoms with E-state index in [0.717, 1.165) is 25.7 Å². The number of amides is 1. The summed E-state index contributed by atoms with van der Waals surface area (Å²) in [6.07, 6.45) is 3.93. The number of halogens is 1. The van der Waals surface area contributed by atoms with Crippen LogP contribution in [0.1, 0.15) is 32.1 Å². The van der Waals surface area contributed by atoms with Crippen LogP contribution in [-0.2, 0) is 4.79 Å². The Labute approximate surface area is 124 Å². The number of carbonyl (C=O) groups excluding carboxylic acids is 1. The van der Waals surface area contributed by atoms with Crippen molar-refractivity contribution in [2.75, 3.05) is 13.2 Å². The standard InChI is InChI=1S/C16H22FNO3/c17-13-5-7-14(8-6-13)21-10-9-16(20)18-11-12-3-1-2-4-15(12)19/h5-8,12,15,19H,1-4,9-11H2,(H,18,20). The lowest BCUT2D eigenvalue weighted by molar-refractivity contribution is -0.122. The Morgan fingerprint density at radius 2 is 2.00 bits per heavy atom. The van der Waals surface area contributed by atoms with Gasteiger partial charge in [0.05, 0.1) is 19.1 Å². The molecule has 1 aliphatic carbocycles. The molecular formula is C16H22FNO3. The average molecular weight is 295 g/mol. The topological polar surface area (TPSA) is 58.6 Å². The predicted octanol–water partition coefficient (Wildman–Crippen LogP) is 2.26. The van der Waals surface area contributed by atoms with Gasteiger partial charge < -0.3 is 15.2 Å². The summed E-state index contributed by atoms with van der Waals surface area (Å²) in [5, 5.41) is 12.7. The van der Waals surface area contributed by atoms with Crippen LogP contribution in [0.2, 0.25) is 0 Å². The Kier molecular flexibility index (Phi) is 5.99. The molecular weight excluding hydrogens is 273 g/mol. The van der Waals surface area contributed by atoms with E-state index in [1.54, 1.807) is 0 Å². The van der Waals surface area contributed by atoms with Gasteiger partial charge in [0.2, 0.25) is 5.91 Å². The second kappa shape index (κ2) is 7.98. The van der Waals surface area contributed by atoms with Crippen LogP contribution in [0, 0.1) is 11.7 Å². The van der Waals surface area contributed by atoms with Crippen molar-refractivity contribution in [3.8, 4) is 5.75 Å². The van der Waals surface area contributed by atoms with Gasteiger partial charge in [-0.15, -0.1) is 0 Å². The second-order valence-corrected chi connectivity index (χ2v) is 5.47. The largest absolute Gasteiger partial charge is 0.493 e. The lowest BCUT2D eigenvalue weighted by atomic mass is 9.86. The third-order valence-electron chi connectivity index (χ3n) is 3.84. The van der Waals surface area contributed by atoms with Crippen LogP contribution in [0.25, 0.3) is 0 Å². The van der Waals surface area contributed by atoms with E-state index in [4.69, 9.17) is 4.74 Å². The van der Waals surface area contributed by atoms with Crippen molar-refractivity contribution in [2.45, 2.75) is 38.2 Å². The van der Waals surface area contributed by atoms with E-state index in [1.807, 2.05) is 0 Å². The summed E-state index contributed by atoms with van der Waals surface area (Å²) in [6.45, 7) is 0.779. The van der Waals surface area contributed by atoms with Gasteiger partial charge in [0, 0.05) is 12.5 Å². The van der Waals surface area contributed by atoms with Crippen LogP contribution < -0.4 is 10.1 Å². The zero-order valence-electron chi connectivity index (χ0n) is 12.1. The Morgan fingerprint density at radius 1 is 1.29 bits per heavy atom. The number of nitrogens with one attached hydrogen (secondary N) is 1. The van der Waals surface area contributed by atoms with Crippen molar-refractivity contribution in [1.82, 2.24) is 5.32 Å². The Balaban J connectivity index is 1.62. The number of aliphatic hydroxyl groups is 1. The van der Waals surface area contributed by atoms with E-state index < -0.39 is 0 Å². The summed E-state index contributed by atoms with van der Waals surface area (Å²) in [5.41, 5.74) is 0. The highest BCUT2D eigenvalue weighted by Gasteiger charge is 2.23. The number of aliphatic hydroxyl groups excluding tert-OH is 1. The number of hydrogen-bond acceptors (Lipinski definition) is 3. The maximum atomic E-state index is 12.7. The fraction of sp³-hybridized carbons (Fsp3) is 0.562. The van der Waals surface area contributed by atoms with Gasteiger partial charge in [-0.25, -0.2) is 4.39 Å². The van der Waals surface area contributed by atoms with E-state index in [1.165, 1.54) is 24.3 Å². The molecule has 0 heterocycles. The first-order valence-electron chi connectivity index (χ1n) is 7.48. The molecule has 2 rings (SSSR count). The van der Waals surface area contributed by atoms with Gasteiger partial charge in [-0.2, -0.15) is 0 Å². The van der Waals surface area contributed by atoms with Gasteiger partial charge in [0.1, 0.15) is 11.6 Å². The third-order valence-corrected chi connectivity index (χ3v) is 3.84. The number of carbonyl (C=O) groups is 1. The summed E-state index contributed by atoms with van der Waals surface area (Å²) in [6, 6.07) is 5.71. The van der Waals surface area contributed by atoms with Crippen LogP contribution in [0.3, 0.4) is 0 Å². The highest BCUT2D eigenvalue weighted by Crippen LogP contribution is 2.23. The van der Waals surface area contributed by atoms with E-state index in [2.05, 4.69) is 5.32 Å². The highest BCUT2D eigenvalue weighted by molar-refractivity contribution is 5.75. The lowest BCUT2D eigenvalue weighted by Crippen LogP contribution is -2.37. The minimum Gasteiger partial charge on any atom is -0.493 e. The molecule has 1 fully saturated rings. The van der Waals surface area contributed by atoms with Crippen molar-refractivity contribution in [3.63, 3.8) is 0 Å². The smallest absolute Gasteiger partial charge is 0.223 e. The summed E-state index contributed by atoms with van der Waals surface area (Å²) in [5.74, 6) is 0.314. The molecule has 0 bridgehead atoms. The molecule has 116 valence electrons. The molecule has 0 aliphatic heterocycles. The van der Waals surface area contributed by atoms with Crippen molar-refractivity contribution < 1.29 is 19.0 Å². The monoisotopic (exact) mass is 295 g/mol. The maximum Gasteiger partial charge on any atom is 0.223 e. The molecule has 4 nitrogen and oxygen atoms in total. The fourth-order valence-electron chi connectivity index (χ4n) is 2.55. The molecule has 1 aromatic carbocycles. The highest BCUT2D eigenvalue weighted by atomic mass is 19.1. The molecule has 5 heteroatoms. The first kappa shape index (κ1) is 15.8. The van der Waals surface area contributed by atoms with Gasteiger partial charge in [0.15, 0.2) is 0 Å². The Hall–Kier alpha value is -1.62. The molecule has 2 unspecified atom stereocenters.